The van der Waals surface area contributed by atoms with Gasteiger partial charge in [-0.25, -0.2) is 0 Å². The number of carbonyl (C=O) groups is 1. The lowest BCUT2D eigenvalue weighted by atomic mass is 10.3. The molecule has 88 valence electrons. The van der Waals surface area contributed by atoms with E-state index in [4.69, 9.17) is 15.6 Å². The first kappa shape index (κ1) is 12.9. The molecule has 1 rings (SSSR count). The van der Waals surface area contributed by atoms with E-state index in [1.807, 2.05) is 31.2 Å². The summed E-state index contributed by atoms with van der Waals surface area (Å²) in [6.07, 6.45) is 0. The van der Waals surface area contributed by atoms with Crippen LogP contribution in [0.3, 0.4) is 0 Å². The van der Waals surface area contributed by atoms with Crippen molar-refractivity contribution in [1.82, 2.24) is 0 Å². The summed E-state index contributed by atoms with van der Waals surface area (Å²) in [5.41, 5.74) is 5.40. The second-order valence-corrected chi connectivity index (χ2v) is 4.25. The van der Waals surface area contributed by atoms with Crippen molar-refractivity contribution in [3.05, 3.63) is 24.3 Å². The molecule has 0 aliphatic carbocycles. The molecule has 0 radical (unpaired) electrons. The number of aliphatic carboxylic acids is 1. The molecule has 16 heavy (non-hydrogen) atoms. The molecular weight excluding hydrogens is 226 g/mol. The lowest BCUT2D eigenvalue weighted by Gasteiger charge is -2.07. The first-order chi connectivity index (χ1) is 7.63. The Labute approximate surface area is 98.8 Å². The molecule has 1 unspecified atom stereocenters. The fraction of sp³-hybridized carbons (Fsp3) is 0.364. The molecule has 0 saturated carbocycles. The standard InChI is InChI=1S/C11H15NO3S/c1-2-15-8-3-5-9(6-4-8)16-7-10(12)11(13)14/h3-6,10H,2,7,12H2,1H3,(H,13,14). The molecule has 0 aliphatic heterocycles. The summed E-state index contributed by atoms with van der Waals surface area (Å²) < 4.78 is 5.30. The summed E-state index contributed by atoms with van der Waals surface area (Å²) >= 11 is 1.42. The maximum absolute atomic E-state index is 10.5. The van der Waals surface area contributed by atoms with Crippen LogP contribution in [0.4, 0.5) is 0 Å². The van der Waals surface area contributed by atoms with Crippen molar-refractivity contribution in [3.63, 3.8) is 0 Å². The average molecular weight is 241 g/mol. The third kappa shape index (κ3) is 4.12. The van der Waals surface area contributed by atoms with E-state index in [1.165, 1.54) is 11.8 Å². The van der Waals surface area contributed by atoms with Crippen LogP contribution in [0.1, 0.15) is 6.92 Å². The minimum Gasteiger partial charge on any atom is -0.494 e. The Hall–Kier alpha value is -1.20. The van der Waals surface area contributed by atoms with Crippen molar-refractivity contribution in [1.29, 1.82) is 0 Å². The zero-order valence-corrected chi connectivity index (χ0v) is 9.87. The van der Waals surface area contributed by atoms with Crippen molar-refractivity contribution in [2.75, 3.05) is 12.4 Å². The number of carboxylic acids is 1. The van der Waals surface area contributed by atoms with E-state index >= 15 is 0 Å². The zero-order valence-electron chi connectivity index (χ0n) is 9.05. The van der Waals surface area contributed by atoms with Crippen molar-refractivity contribution in [2.45, 2.75) is 17.9 Å². The van der Waals surface area contributed by atoms with E-state index in [0.29, 0.717) is 12.4 Å². The fourth-order valence-electron chi connectivity index (χ4n) is 1.06. The van der Waals surface area contributed by atoms with Gasteiger partial charge in [-0.3, -0.25) is 4.79 Å². The summed E-state index contributed by atoms with van der Waals surface area (Å²) in [7, 11) is 0. The number of carboxylic acid groups (broad SMARTS) is 1. The molecule has 1 atom stereocenters. The highest BCUT2D eigenvalue weighted by Gasteiger charge is 2.11. The molecule has 0 aliphatic rings. The number of thioether (sulfide) groups is 1. The predicted octanol–water partition coefficient (Wildman–Crippen LogP) is 1.59. The summed E-state index contributed by atoms with van der Waals surface area (Å²) in [6.45, 7) is 2.56. The molecule has 0 spiro atoms. The Morgan fingerprint density at radius 1 is 1.50 bits per heavy atom. The third-order valence-electron chi connectivity index (χ3n) is 1.88. The molecule has 0 fully saturated rings. The number of ether oxygens (including phenoxy) is 1. The van der Waals surface area contributed by atoms with Gasteiger partial charge in [0.2, 0.25) is 0 Å². The first-order valence-corrected chi connectivity index (χ1v) is 5.96. The van der Waals surface area contributed by atoms with Crippen molar-refractivity contribution < 1.29 is 14.6 Å². The average Bonchev–Trinajstić information content (AvgIpc) is 2.28. The lowest BCUT2D eigenvalue weighted by Crippen LogP contribution is -2.32. The van der Waals surface area contributed by atoms with E-state index in [9.17, 15) is 4.79 Å². The van der Waals surface area contributed by atoms with Crippen LogP contribution in [-0.2, 0) is 4.79 Å². The van der Waals surface area contributed by atoms with Gasteiger partial charge in [0.05, 0.1) is 6.61 Å². The Bertz CT molecular complexity index is 340. The lowest BCUT2D eigenvalue weighted by molar-refractivity contribution is -0.137. The van der Waals surface area contributed by atoms with Gasteiger partial charge in [0.25, 0.3) is 0 Å². The Balaban J connectivity index is 2.46. The van der Waals surface area contributed by atoms with Crippen molar-refractivity contribution in [2.24, 2.45) is 5.73 Å². The highest BCUT2D eigenvalue weighted by Crippen LogP contribution is 2.21. The maximum Gasteiger partial charge on any atom is 0.321 e. The van der Waals surface area contributed by atoms with Gasteiger partial charge < -0.3 is 15.6 Å². The van der Waals surface area contributed by atoms with Gasteiger partial charge in [-0.15, -0.1) is 11.8 Å². The summed E-state index contributed by atoms with van der Waals surface area (Å²) in [5, 5.41) is 8.62. The number of benzene rings is 1. The van der Waals surface area contributed by atoms with Crippen LogP contribution < -0.4 is 10.5 Å². The van der Waals surface area contributed by atoms with Crippen LogP contribution in [0.25, 0.3) is 0 Å². The molecule has 0 bridgehead atoms. The van der Waals surface area contributed by atoms with Gasteiger partial charge in [0, 0.05) is 10.6 Å². The van der Waals surface area contributed by atoms with E-state index in [2.05, 4.69) is 0 Å². The number of nitrogens with two attached hydrogens (primary N) is 1. The quantitative estimate of drug-likeness (QED) is 0.740. The molecule has 5 heteroatoms. The minimum atomic E-state index is -0.974. The highest BCUT2D eigenvalue weighted by molar-refractivity contribution is 7.99. The third-order valence-corrected chi connectivity index (χ3v) is 3.01. The maximum atomic E-state index is 10.5. The van der Waals surface area contributed by atoms with Gasteiger partial charge in [0.1, 0.15) is 11.8 Å². The molecular formula is C11H15NO3S. The Morgan fingerprint density at radius 3 is 2.62 bits per heavy atom. The van der Waals surface area contributed by atoms with Gasteiger partial charge in [0.15, 0.2) is 0 Å². The van der Waals surface area contributed by atoms with E-state index in [-0.39, 0.29) is 0 Å². The fourth-order valence-corrected chi connectivity index (χ4v) is 1.90. The molecule has 1 aromatic rings. The van der Waals surface area contributed by atoms with E-state index in [1.54, 1.807) is 0 Å². The number of hydrogen-bond acceptors (Lipinski definition) is 4. The van der Waals surface area contributed by atoms with Gasteiger partial charge in [-0.05, 0) is 31.2 Å². The van der Waals surface area contributed by atoms with Crippen LogP contribution in [0.15, 0.2) is 29.2 Å². The molecule has 0 heterocycles. The van der Waals surface area contributed by atoms with Gasteiger partial charge >= 0.3 is 5.97 Å². The monoisotopic (exact) mass is 241 g/mol. The summed E-state index contributed by atoms with van der Waals surface area (Å²) in [6, 6.07) is 6.68. The van der Waals surface area contributed by atoms with Crippen LogP contribution in [0.5, 0.6) is 5.75 Å². The largest absolute Gasteiger partial charge is 0.494 e. The van der Waals surface area contributed by atoms with Crippen molar-refractivity contribution in [3.8, 4) is 5.75 Å². The highest BCUT2D eigenvalue weighted by atomic mass is 32.2. The van der Waals surface area contributed by atoms with Gasteiger partial charge in [-0.2, -0.15) is 0 Å². The number of rotatable bonds is 6. The Kier molecular flexibility index (Phi) is 5.14. The normalized spacial score (nSPS) is 12.1. The predicted molar refractivity (Wildman–Crippen MR) is 63.9 cm³/mol. The summed E-state index contributed by atoms with van der Waals surface area (Å²) in [5.74, 6) is 0.205. The molecule has 0 aromatic heterocycles. The molecule has 4 nitrogen and oxygen atoms in total. The van der Waals surface area contributed by atoms with E-state index < -0.39 is 12.0 Å². The minimum absolute atomic E-state index is 0.364. The number of hydrogen-bond donors (Lipinski definition) is 2. The van der Waals surface area contributed by atoms with Crippen molar-refractivity contribution >= 4 is 17.7 Å². The molecule has 0 saturated heterocycles. The SMILES string of the molecule is CCOc1ccc(SCC(N)C(=O)O)cc1. The summed E-state index contributed by atoms with van der Waals surface area (Å²) in [4.78, 5) is 11.5. The Morgan fingerprint density at radius 2 is 2.12 bits per heavy atom. The topological polar surface area (TPSA) is 72.5 Å². The van der Waals surface area contributed by atoms with Crippen LogP contribution >= 0.6 is 11.8 Å². The molecule has 3 N–H and O–H groups in total. The second kappa shape index (κ2) is 6.40. The smallest absolute Gasteiger partial charge is 0.321 e. The molecule has 1 aromatic carbocycles. The first-order valence-electron chi connectivity index (χ1n) is 4.97. The zero-order chi connectivity index (χ0) is 12.0. The van der Waals surface area contributed by atoms with Crippen LogP contribution in [-0.4, -0.2) is 29.5 Å². The molecule has 0 amide bonds. The van der Waals surface area contributed by atoms with Crippen LogP contribution in [0.2, 0.25) is 0 Å². The van der Waals surface area contributed by atoms with E-state index in [0.717, 1.165) is 10.6 Å². The van der Waals surface area contributed by atoms with Crippen LogP contribution in [0, 0.1) is 0 Å². The second-order valence-electron chi connectivity index (χ2n) is 3.16. The van der Waals surface area contributed by atoms with Gasteiger partial charge in [-0.1, -0.05) is 0 Å².